The van der Waals surface area contributed by atoms with Gasteiger partial charge in [-0.1, -0.05) is 152 Å². The van der Waals surface area contributed by atoms with Crippen LogP contribution in [0.15, 0.2) is 259 Å². The lowest BCUT2D eigenvalue weighted by molar-refractivity contribution is 0.669. The van der Waals surface area contributed by atoms with Crippen LogP contribution in [0.5, 0.6) is 0 Å². The second-order valence-corrected chi connectivity index (χ2v) is 17.0. The van der Waals surface area contributed by atoms with E-state index in [1.54, 1.807) is 0 Å². The lowest BCUT2D eigenvalue weighted by atomic mass is 10.00. The summed E-state index contributed by atoms with van der Waals surface area (Å²) in [5.41, 5.74) is 17.1. The largest absolute Gasteiger partial charge is 0.456 e. The molecule has 5 heteroatoms. The molecule has 5 nitrogen and oxygen atoms in total. The predicted octanol–water partition coefficient (Wildman–Crippen LogP) is 17.6. The summed E-state index contributed by atoms with van der Waals surface area (Å²) in [5, 5.41) is 3.33. The second-order valence-electron chi connectivity index (χ2n) is 17.0. The molecule has 0 spiro atoms. The number of aromatic nitrogens is 1. The Balaban J connectivity index is 1.03. The van der Waals surface area contributed by atoms with Crippen LogP contribution in [0.3, 0.4) is 0 Å². The van der Waals surface area contributed by atoms with Crippen molar-refractivity contribution in [2.24, 2.45) is 0 Å². The van der Waals surface area contributed by atoms with Gasteiger partial charge in [-0.25, -0.2) is 0 Å². The van der Waals surface area contributed by atoms with Gasteiger partial charge in [0.15, 0.2) is 0 Å². The fourth-order valence-corrected chi connectivity index (χ4v) is 10.00. The molecule has 0 amide bonds. The van der Waals surface area contributed by atoms with E-state index in [0.717, 1.165) is 95.4 Å². The Kier molecular flexibility index (Phi) is 9.10. The third-order valence-electron chi connectivity index (χ3n) is 13.1. The molecule has 10 aromatic carbocycles. The molecule has 0 radical (unpaired) electrons. The van der Waals surface area contributed by atoms with E-state index in [1.165, 1.54) is 16.7 Å². The van der Waals surface area contributed by atoms with Gasteiger partial charge in [-0.15, -0.1) is 0 Å². The molecule has 0 N–H and O–H groups in total. The summed E-state index contributed by atoms with van der Waals surface area (Å²) in [6, 6.07) is 91.1. The number of para-hydroxylation sites is 6. The fraction of sp³-hybridized carbons (Fsp3) is 0. The van der Waals surface area contributed by atoms with Crippen molar-refractivity contribution < 1.29 is 4.42 Å². The van der Waals surface area contributed by atoms with E-state index in [1.807, 2.05) is 12.1 Å². The minimum Gasteiger partial charge on any atom is -0.456 e. The van der Waals surface area contributed by atoms with Crippen LogP contribution in [-0.2, 0) is 0 Å². The van der Waals surface area contributed by atoms with Gasteiger partial charge in [0.1, 0.15) is 17.0 Å². The molecule has 0 fully saturated rings. The van der Waals surface area contributed by atoms with E-state index in [0.29, 0.717) is 0 Å². The Hall–Kier alpha value is -9.06. The van der Waals surface area contributed by atoms with Crippen molar-refractivity contribution in [1.29, 1.82) is 0 Å². The number of rotatable bonds is 8. The summed E-state index contributed by atoms with van der Waals surface area (Å²) in [6.07, 6.45) is 0. The van der Waals surface area contributed by atoms with Crippen LogP contribution in [0.25, 0.3) is 60.8 Å². The zero-order chi connectivity index (χ0) is 44.3. The molecular weight excluding hydrogens is 817 g/mol. The van der Waals surface area contributed by atoms with E-state index < -0.39 is 0 Å². The first-order chi connectivity index (χ1) is 33.2. The molecule has 12 aromatic rings. The smallest absolute Gasteiger partial charge is 0.148 e. The standard InChI is InChI=1S/C62H42N4O/c1-5-17-43(18-6-1)44-29-31-45(32-30-44)46-33-35-50(36-34-46)63(52-37-39-54-53-25-13-16-28-59(53)67-60(54)42-52)51-38-40-55-58(41-51)66(49-23-11-4-12-24-49)62-61(55)64(47-19-7-2-8-20-47)56-26-14-15-27-57(56)65(62)48-21-9-3-10-22-48/h1-42H. The van der Waals surface area contributed by atoms with Crippen LogP contribution in [0.4, 0.5) is 51.3 Å². The number of hydrogen-bond donors (Lipinski definition) is 0. The van der Waals surface area contributed by atoms with Gasteiger partial charge in [-0.2, -0.15) is 0 Å². The van der Waals surface area contributed by atoms with Gasteiger partial charge in [-0.05, 0) is 119 Å². The van der Waals surface area contributed by atoms with E-state index >= 15 is 0 Å². The van der Waals surface area contributed by atoms with E-state index in [-0.39, 0.29) is 0 Å². The third-order valence-corrected chi connectivity index (χ3v) is 13.1. The SMILES string of the molecule is c1ccc(-c2ccc(-c3ccc(N(c4ccc5c(c4)oc4ccccc45)c4ccc5c6c(n(-c7ccccc7)c5c4)N(c4ccccc4)c4ccccc4N6c4ccccc4)cc3)cc2)cc1. The van der Waals surface area contributed by atoms with E-state index in [4.69, 9.17) is 4.42 Å². The summed E-state index contributed by atoms with van der Waals surface area (Å²) >= 11 is 0. The van der Waals surface area contributed by atoms with Crippen molar-refractivity contribution in [1.82, 2.24) is 4.57 Å². The summed E-state index contributed by atoms with van der Waals surface area (Å²) < 4.78 is 8.97. The average Bonchev–Trinajstić information content (AvgIpc) is 3.94. The maximum Gasteiger partial charge on any atom is 0.148 e. The number of hydrogen-bond acceptors (Lipinski definition) is 4. The van der Waals surface area contributed by atoms with Gasteiger partial charge in [0.2, 0.25) is 0 Å². The van der Waals surface area contributed by atoms with Crippen LogP contribution in [0.2, 0.25) is 0 Å². The van der Waals surface area contributed by atoms with Crippen molar-refractivity contribution in [3.05, 3.63) is 255 Å². The third kappa shape index (κ3) is 6.47. The first-order valence-corrected chi connectivity index (χ1v) is 22.8. The highest BCUT2D eigenvalue weighted by atomic mass is 16.3. The molecule has 2 aromatic heterocycles. The lowest BCUT2D eigenvalue weighted by Gasteiger charge is -2.39. The summed E-state index contributed by atoms with van der Waals surface area (Å²) in [6.45, 7) is 0. The second kappa shape index (κ2) is 15.9. The van der Waals surface area contributed by atoms with Crippen molar-refractivity contribution in [3.8, 4) is 27.9 Å². The van der Waals surface area contributed by atoms with Gasteiger partial charge in [0, 0.05) is 56.3 Å². The Morgan fingerprint density at radius 2 is 0.761 bits per heavy atom. The highest BCUT2D eigenvalue weighted by Crippen LogP contribution is 2.58. The quantitative estimate of drug-likeness (QED) is 0.152. The molecule has 0 atom stereocenters. The number of nitrogens with zero attached hydrogens (tertiary/aromatic N) is 4. The Morgan fingerprint density at radius 3 is 1.40 bits per heavy atom. The monoisotopic (exact) mass is 858 g/mol. The van der Waals surface area contributed by atoms with Crippen LogP contribution < -0.4 is 14.7 Å². The zero-order valence-electron chi connectivity index (χ0n) is 36.4. The zero-order valence-corrected chi connectivity index (χ0v) is 36.4. The molecule has 316 valence electrons. The number of anilines is 9. The molecule has 3 heterocycles. The van der Waals surface area contributed by atoms with Crippen molar-refractivity contribution in [2.75, 3.05) is 14.7 Å². The summed E-state index contributed by atoms with van der Waals surface area (Å²) in [7, 11) is 0. The molecular formula is C62H42N4O. The Bertz CT molecular complexity index is 3730. The van der Waals surface area contributed by atoms with Crippen LogP contribution in [-0.4, -0.2) is 4.57 Å². The van der Waals surface area contributed by atoms with Crippen molar-refractivity contribution in [3.63, 3.8) is 0 Å². The summed E-state index contributed by atoms with van der Waals surface area (Å²) in [4.78, 5) is 7.22. The number of furan rings is 1. The topological polar surface area (TPSA) is 27.8 Å². The molecule has 67 heavy (non-hydrogen) atoms. The first-order valence-electron chi connectivity index (χ1n) is 22.8. The number of fused-ring (bicyclic) bond motifs is 7. The molecule has 0 saturated heterocycles. The van der Waals surface area contributed by atoms with Gasteiger partial charge >= 0.3 is 0 Å². The van der Waals surface area contributed by atoms with Gasteiger partial charge in [0.05, 0.1) is 22.6 Å². The minimum atomic E-state index is 0.845. The number of benzene rings is 10. The molecule has 0 bridgehead atoms. The van der Waals surface area contributed by atoms with Crippen molar-refractivity contribution >= 4 is 84.2 Å². The molecule has 0 saturated carbocycles. The van der Waals surface area contributed by atoms with Crippen molar-refractivity contribution in [2.45, 2.75) is 0 Å². The molecule has 1 aliphatic heterocycles. The van der Waals surface area contributed by atoms with E-state index in [9.17, 15) is 0 Å². The van der Waals surface area contributed by atoms with Crippen LogP contribution in [0, 0.1) is 0 Å². The van der Waals surface area contributed by atoms with Gasteiger partial charge < -0.3 is 14.2 Å². The highest BCUT2D eigenvalue weighted by molar-refractivity contribution is 6.14. The first kappa shape index (κ1) is 38.4. The summed E-state index contributed by atoms with van der Waals surface area (Å²) in [5.74, 6) is 1.06. The maximum absolute atomic E-state index is 6.53. The Morgan fingerprint density at radius 1 is 0.313 bits per heavy atom. The molecule has 0 aliphatic carbocycles. The van der Waals surface area contributed by atoms with Gasteiger partial charge in [0.25, 0.3) is 0 Å². The molecule has 13 rings (SSSR count). The normalized spacial score (nSPS) is 12.1. The highest BCUT2D eigenvalue weighted by Gasteiger charge is 2.36. The minimum absolute atomic E-state index is 0.845. The average molecular weight is 859 g/mol. The Labute approximate surface area is 388 Å². The predicted molar refractivity (Wildman–Crippen MR) is 279 cm³/mol. The maximum atomic E-state index is 6.53. The fourth-order valence-electron chi connectivity index (χ4n) is 10.00. The van der Waals surface area contributed by atoms with Crippen LogP contribution in [0.1, 0.15) is 0 Å². The van der Waals surface area contributed by atoms with E-state index in [2.05, 4.69) is 262 Å². The van der Waals surface area contributed by atoms with Crippen LogP contribution >= 0.6 is 0 Å². The lowest BCUT2D eigenvalue weighted by Crippen LogP contribution is -2.25. The molecule has 1 aliphatic rings. The molecule has 0 unspecified atom stereocenters. The van der Waals surface area contributed by atoms with Gasteiger partial charge in [-0.3, -0.25) is 9.47 Å².